The van der Waals surface area contributed by atoms with Gasteiger partial charge in [0, 0.05) is 32.8 Å². The quantitative estimate of drug-likeness (QED) is 0.801. The zero-order valence-electron chi connectivity index (χ0n) is 16.2. The van der Waals surface area contributed by atoms with Crippen molar-refractivity contribution in [3.8, 4) is 0 Å². The second-order valence-corrected chi connectivity index (χ2v) is 8.49. The highest BCUT2D eigenvalue weighted by Crippen LogP contribution is 2.48. The Balaban J connectivity index is 1.49. The summed E-state index contributed by atoms with van der Waals surface area (Å²) in [5.74, 6) is 0.474. The van der Waals surface area contributed by atoms with E-state index in [0.717, 1.165) is 57.3 Å². The Bertz CT molecular complexity index is 678. The van der Waals surface area contributed by atoms with Gasteiger partial charge in [0.05, 0.1) is 18.9 Å². The number of benzene rings is 1. The molecular formula is C22H30N2O3. The number of rotatable bonds is 5. The van der Waals surface area contributed by atoms with E-state index >= 15 is 0 Å². The van der Waals surface area contributed by atoms with Gasteiger partial charge in [0.25, 0.3) is 0 Å². The first-order chi connectivity index (χ1) is 13.1. The first kappa shape index (κ1) is 18.5. The third-order valence-electron chi connectivity index (χ3n) is 6.61. The van der Waals surface area contributed by atoms with Crippen molar-refractivity contribution in [2.75, 3.05) is 33.4 Å². The fraction of sp³-hybridized carbons (Fsp3) is 0.636. The summed E-state index contributed by atoms with van der Waals surface area (Å²) in [5.41, 5.74) is 1.29. The molecule has 2 aliphatic heterocycles. The van der Waals surface area contributed by atoms with Crippen molar-refractivity contribution in [3.63, 3.8) is 0 Å². The Morgan fingerprint density at radius 2 is 1.89 bits per heavy atom. The lowest BCUT2D eigenvalue weighted by Crippen LogP contribution is -2.55. The van der Waals surface area contributed by atoms with Crippen LogP contribution in [0.15, 0.2) is 30.3 Å². The van der Waals surface area contributed by atoms with Crippen LogP contribution in [-0.4, -0.2) is 61.0 Å². The molecule has 146 valence electrons. The van der Waals surface area contributed by atoms with Crippen LogP contribution < -0.4 is 0 Å². The average molecular weight is 370 g/mol. The second-order valence-electron chi connectivity index (χ2n) is 8.49. The first-order valence-corrected chi connectivity index (χ1v) is 10.2. The summed E-state index contributed by atoms with van der Waals surface area (Å²) in [6.07, 6.45) is 5.65. The SMILES string of the molecule is COCCC(=O)N1CCC2(CC1)CC(c1ccccc1)C(=O)N(C1CC1)C2. The zero-order valence-corrected chi connectivity index (χ0v) is 16.2. The Kier molecular flexibility index (Phi) is 5.22. The third kappa shape index (κ3) is 3.88. The monoisotopic (exact) mass is 370 g/mol. The molecule has 1 aromatic rings. The van der Waals surface area contributed by atoms with Crippen molar-refractivity contribution < 1.29 is 14.3 Å². The highest BCUT2D eigenvalue weighted by Gasteiger charge is 2.49. The molecule has 1 spiro atoms. The molecule has 0 N–H and O–H groups in total. The molecule has 0 bridgehead atoms. The van der Waals surface area contributed by atoms with E-state index in [1.807, 2.05) is 23.1 Å². The highest BCUT2D eigenvalue weighted by molar-refractivity contribution is 5.85. The zero-order chi connectivity index (χ0) is 18.9. The van der Waals surface area contributed by atoms with Crippen molar-refractivity contribution >= 4 is 11.8 Å². The van der Waals surface area contributed by atoms with E-state index in [1.165, 1.54) is 0 Å². The molecule has 5 heteroatoms. The highest BCUT2D eigenvalue weighted by atomic mass is 16.5. The normalized spacial score (nSPS) is 25.1. The predicted molar refractivity (Wildman–Crippen MR) is 103 cm³/mol. The maximum absolute atomic E-state index is 13.2. The Hall–Kier alpha value is -1.88. The predicted octanol–water partition coefficient (Wildman–Crippen LogP) is 2.81. The van der Waals surface area contributed by atoms with Crippen LogP contribution in [0, 0.1) is 5.41 Å². The number of nitrogens with zero attached hydrogens (tertiary/aromatic N) is 2. The number of methoxy groups -OCH3 is 1. The maximum Gasteiger partial charge on any atom is 0.230 e. The van der Waals surface area contributed by atoms with Gasteiger partial charge in [0.2, 0.25) is 11.8 Å². The smallest absolute Gasteiger partial charge is 0.230 e. The summed E-state index contributed by atoms with van der Waals surface area (Å²) in [4.78, 5) is 29.7. The van der Waals surface area contributed by atoms with Gasteiger partial charge in [0.1, 0.15) is 0 Å². The summed E-state index contributed by atoms with van der Waals surface area (Å²) < 4.78 is 5.04. The molecular weight excluding hydrogens is 340 g/mol. The molecule has 27 heavy (non-hydrogen) atoms. The van der Waals surface area contributed by atoms with E-state index < -0.39 is 0 Å². The lowest BCUT2D eigenvalue weighted by atomic mass is 9.67. The van der Waals surface area contributed by atoms with Crippen LogP contribution in [0.25, 0.3) is 0 Å². The number of ether oxygens (including phenoxy) is 1. The summed E-state index contributed by atoms with van der Waals surface area (Å²) in [6, 6.07) is 10.7. The lowest BCUT2D eigenvalue weighted by Gasteiger charge is -2.50. The first-order valence-electron chi connectivity index (χ1n) is 10.2. The number of amides is 2. The van der Waals surface area contributed by atoms with Gasteiger partial charge in [-0.25, -0.2) is 0 Å². The van der Waals surface area contributed by atoms with Crippen molar-refractivity contribution in [1.29, 1.82) is 0 Å². The number of carbonyl (C=O) groups is 2. The molecule has 2 amide bonds. The molecule has 2 saturated heterocycles. The number of piperidine rings is 2. The van der Waals surface area contributed by atoms with Crippen molar-refractivity contribution in [3.05, 3.63) is 35.9 Å². The molecule has 1 aromatic carbocycles. The summed E-state index contributed by atoms with van der Waals surface area (Å²) >= 11 is 0. The van der Waals surface area contributed by atoms with Gasteiger partial charge in [-0.15, -0.1) is 0 Å². The van der Waals surface area contributed by atoms with Crippen LogP contribution in [0.1, 0.15) is 50.0 Å². The van der Waals surface area contributed by atoms with Gasteiger partial charge in [0.15, 0.2) is 0 Å². The van der Waals surface area contributed by atoms with E-state index in [2.05, 4.69) is 17.0 Å². The Labute approximate surface area is 161 Å². The maximum atomic E-state index is 13.2. The number of carbonyl (C=O) groups excluding carboxylic acids is 2. The van der Waals surface area contributed by atoms with Crippen LogP contribution in [0.5, 0.6) is 0 Å². The van der Waals surface area contributed by atoms with E-state index in [9.17, 15) is 9.59 Å². The largest absolute Gasteiger partial charge is 0.384 e. The fourth-order valence-corrected chi connectivity index (χ4v) is 4.81. The number of likely N-dealkylation sites (tertiary alicyclic amines) is 2. The lowest BCUT2D eigenvalue weighted by molar-refractivity contribution is -0.145. The molecule has 3 fully saturated rings. The van der Waals surface area contributed by atoms with Gasteiger partial charge < -0.3 is 14.5 Å². The summed E-state index contributed by atoms with van der Waals surface area (Å²) in [7, 11) is 1.63. The molecule has 3 aliphatic rings. The van der Waals surface area contributed by atoms with Crippen molar-refractivity contribution in [2.24, 2.45) is 5.41 Å². The van der Waals surface area contributed by atoms with Crippen molar-refractivity contribution in [1.82, 2.24) is 9.80 Å². The van der Waals surface area contributed by atoms with Crippen LogP contribution in [0.4, 0.5) is 0 Å². The van der Waals surface area contributed by atoms with Gasteiger partial charge in [-0.1, -0.05) is 30.3 Å². The van der Waals surface area contributed by atoms with E-state index in [-0.39, 0.29) is 17.2 Å². The summed E-state index contributed by atoms with van der Waals surface area (Å²) in [6.45, 7) is 2.97. The van der Waals surface area contributed by atoms with Crippen molar-refractivity contribution in [2.45, 2.75) is 50.5 Å². The Morgan fingerprint density at radius 1 is 1.19 bits per heavy atom. The molecule has 1 atom stereocenters. The molecule has 4 rings (SSSR count). The average Bonchev–Trinajstić information content (AvgIpc) is 3.54. The molecule has 2 heterocycles. The van der Waals surface area contributed by atoms with Crippen LogP contribution in [0.3, 0.4) is 0 Å². The number of hydrogen-bond acceptors (Lipinski definition) is 3. The molecule has 1 unspecified atom stereocenters. The minimum absolute atomic E-state index is 0.0312. The summed E-state index contributed by atoms with van der Waals surface area (Å²) in [5, 5.41) is 0. The van der Waals surface area contributed by atoms with Crippen LogP contribution in [0.2, 0.25) is 0 Å². The molecule has 0 aromatic heterocycles. The van der Waals surface area contributed by atoms with Crippen LogP contribution >= 0.6 is 0 Å². The van der Waals surface area contributed by atoms with Gasteiger partial charge in [-0.05, 0) is 43.1 Å². The molecule has 1 aliphatic carbocycles. The molecule has 5 nitrogen and oxygen atoms in total. The van der Waals surface area contributed by atoms with E-state index in [4.69, 9.17) is 4.74 Å². The molecule has 0 radical (unpaired) electrons. The second kappa shape index (κ2) is 7.63. The Morgan fingerprint density at radius 3 is 2.52 bits per heavy atom. The minimum Gasteiger partial charge on any atom is -0.384 e. The standard InChI is InChI=1S/C22H30N2O3/c1-27-14-9-20(25)23-12-10-22(11-13-23)15-19(17-5-3-2-4-6-17)21(26)24(16-22)18-7-8-18/h2-6,18-19H,7-16H2,1H3. The van der Waals surface area contributed by atoms with Crippen LogP contribution in [-0.2, 0) is 14.3 Å². The van der Waals surface area contributed by atoms with E-state index in [1.54, 1.807) is 7.11 Å². The number of hydrogen-bond donors (Lipinski definition) is 0. The minimum atomic E-state index is -0.0312. The van der Waals surface area contributed by atoms with Gasteiger partial charge in [-0.2, -0.15) is 0 Å². The topological polar surface area (TPSA) is 49.9 Å². The fourth-order valence-electron chi connectivity index (χ4n) is 4.81. The van der Waals surface area contributed by atoms with Gasteiger partial charge >= 0.3 is 0 Å². The van der Waals surface area contributed by atoms with E-state index in [0.29, 0.717) is 25.0 Å². The third-order valence-corrected chi connectivity index (χ3v) is 6.61. The van der Waals surface area contributed by atoms with Gasteiger partial charge in [-0.3, -0.25) is 9.59 Å². The molecule has 1 saturated carbocycles.